The lowest BCUT2D eigenvalue weighted by Gasteiger charge is -2.34. The molecule has 1 fully saturated rings. The lowest BCUT2D eigenvalue weighted by atomic mass is 9.66. The molecule has 116 valence electrons. The fourth-order valence-corrected chi connectivity index (χ4v) is 3.25. The van der Waals surface area contributed by atoms with Crippen LogP contribution < -0.4 is 10.1 Å². The first kappa shape index (κ1) is 14.5. The van der Waals surface area contributed by atoms with Crippen molar-refractivity contribution in [1.82, 2.24) is 4.98 Å². The smallest absolute Gasteiger partial charge is 0.316 e. The van der Waals surface area contributed by atoms with E-state index < -0.39 is 17.3 Å². The SMILES string of the molecule is COC(=O)C1CC2(CCC1=O)C(=O)Nc1ncc(OC)cc12. The van der Waals surface area contributed by atoms with Crippen LogP contribution in [0.5, 0.6) is 5.75 Å². The van der Waals surface area contributed by atoms with Gasteiger partial charge in [-0.1, -0.05) is 0 Å². The zero-order valence-electron chi connectivity index (χ0n) is 12.3. The van der Waals surface area contributed by atoms with Gasteiger partial charge in [0.1, 0.15) is 23.3 Å². The number of ketones is 1. The molecule has 1 aromatic heterocycles. The molecule has 7 nitrogen and oxygen atoms in total. The summed E-state index contributed by atoms with van der Waals surface area (Å²) in [4.78, 5) is 40.5. The van der Waals surface area contributed by atoms with Gasteiger partial charge in [0, 0.05) is 12.0 Å². The van der Waals surface area contributed by atoms with Crippen LogP contribution in [0.15, 0.2) is 12.3 Å². The van der Waals surface area contributed by atoms with Gasteiger partial charge in [-0.05, 0) is 18.9 Å². The summed E-state index contributed by atoms with van der Waals surface area (Å²) in [6.45, 7) is 0. The van der Waals surface area contributed by atoms with Crippen molar-refractivity contribution in [3.8, 4) is 5.75 Å². The van der Waals surface area contributed by atoms with E-state index >= 15 is 0 Å². The first-order chi connectivity index (χ1) is 10.5. The minimum absolute atomic E-state index is 0.103. The number of carbonyl (C=O) groups is 3. The van der Waals surface area contributed by atoms with E-state index in [-0.39, 0.29) is 24.5 Å². The van der Waals surface area contributed by atoms with E-state index in [2.05, 4.69) is 10.3 Å². The fourth-order valence-electron chi connectivity index (χ4n) is 3.25. The molecule has 2 heterocycles. The Labute approximate surface area is 127 Å². The number of anilines is 1. The predicted octanol–water partition coefficient (Wildman–Crippen LogP) is 0.822. The Hall–Kier alpha value is -2.44. The summed E-state index contributed by atoms with van der Waals surface area (Å²) < 4.78 is 9.86. The van der Waals surface area contributed by atoms with Crippen molar-refractivity contribution in [2.75, 3.05) is 19.5 Å². The highest BCUT2D eigenvalue weighted by atomic mass is 16.5. The van der Waals surface area contributed by atoms with Crippen LogP contribution in [-0.2, 0) is 24.5 Å². The molecule has 0 bridgehead atoms. The van der Waals surface area contributed by atoms with Gasteiger partial charge in [-0.2, -0.15) is 0 Å². The number of nitrogens with zero attached hydrogens (tertiary/aromatic N) is 1. The van der Waals surface area contributed by atoms with Crippen LogP contribution in [0, 0.1) is 5.92 Å². The van der Waals surface area contributed by atoms with Crippen molar-refractivity contribution in [2.45, 2.75) is 24.7 Å². The zero-order valence-corrected chi connectivity index (χ0v) is 12.3. The molecule has 2 aliphatic rings. The van der Waals surface area contributed by atoms with Crippen molar-refractivity contribution >= 4 is 23.5 Å². The number of methoxy groups -OCH3 is 2. The van der Waals surface area contributed by atoms with Crippen LogP contribution in [0.25, 0.3) is 0 Å². The van der Waals surface area contributed by atoms with Crippen LogP contribution >= 0.6 is 0 Å². The van der Waals surface area contributed by atoms with E-state index in [1.165, 1.54) is 20.4 Å². The predicted molar refractivity (Wildman–Crippen MR) is 75.5 cm³/mol. The normalized spacial score (nSPS) is 26.5. The van der Waals surface area contributed by atoms with Crippen molar-refractivity contribution in [3.05, 3.63) is 17.8 Å². The highest BCUT2D eigenvalue weighted by Crippen LogP contribution is 2.48. The largest absolute Gasteiger partial charge is 0.495 e. The second kappa shape index (κ2) is 5.08. The Morgan fingerprint density at radius 2 is 2.18 bits per heavy atom. The third-order valence-electron chi connectivity index (χ3n) is 4.51. The Balaban J connectivity index is 2.05. The first-order valence-electron chi connectivity index (χ1n) is 6.98. The van der Waals surface area contributed by atoms with Gasteiger partial charge >= 0.3 is 5.97 Å². The third kappa shape index (κ3) is 1.96. The second-order valence-electron chi connectivity index (χ2n) is 5.55. The molecule has 0 saturated heterocycles. The molecule has 0 aromatic carbocycles. The molecule has 1 spiro atoms. The molecule has 1 saturated carbocycles. The molecular weight excluding hydrogens is 288 g/mol. The molecular formula is C15H16N2O5. The topological polar surface area (TPSA) is 94.6 Å². The fraction of sp³-hybridized carbons (Fsp3) is 0.467. The number of nitrogens with one attached hydrogen (secondary N) is 1. The summed E-state index contributed by atoms with van der Waals surface area (Å²) in [5, 5.41) is 2.73. The summed E-state index contributed by atoms with van der Waals surface area (Å²) >= 11 is 0. The second-order valence-corrected chi connectivity index (χ2v) is 5.55. The molecule has 1 aliphatic carbocycles. The molecule has 2 unspecified atom stereocenters. The standard InChI is InChI=1S/C15H16N2O5/c1-21-8-5-10-12(16-7-8)17-14(20)15(10)4-3-11(18)9(6-15)13(19)22-2/h5,7,9H,3-4,6H2,1-2H3,(H,16,17,20). The summed E-state index contributed by atoms with van der Waals surface area (Å²) in [5.41, 5.74) is -0.248. The van der Waals surface area contributed by atoms with Crippen molar-refractivity contribution in [1.29, 1.82) is 0 Å². The average molecular weight is 304 g/mol. The molecule has 7 heteroatoms. The number of hydrogen-bond donors (Lipinski definition) is 1. The molecule has 1 aromatic rings. The molecule has 1 amide bonds. The summed E-state index contributed by atoms with van der Waals surface area (Å²) in [6.07, 6.45) is 2.13. The molecule has 2 atom stereocenters. The van der Waals surface area contributed by atoms with Gasteiger partial charge in [0.15, 0.2) is 0 Å². The van der Waals surface area contributed by atoms with E-state index in [9.17, 15) is 14.4 Å². The van der Waals surface area contributed by atoms with E-state index in [0.717, 1.165) is 0 Å². The van der Waals surface area contributed by atoms with E-state index in [1.807, 2.05) is 0 Å². The molecule has 0 radical (unpaired) electrons. The van der Waals surface area contributed by atoms with Crippen LogP contribution in [0.4, 0.5) is 5.82 Å². The number of Topliss-reactive ketones (excluding diaryl/α,β-unsaturated/α-hetero) is 1. The van der Waals surface area contributed by atoms with Gasteiger partial charge in [0.05, 0.1) is 25.8 Å². The number of hydrogen-bond acceptors (Lipinski definition) is 6. The van der Waals surface area contributed by atoms with Gasteiger partial charge in [-0.3, -0.25) is 14.4 Å². The summed E-state index contributed by atoms with van der Waals surface area (Å²) in [7, 11) is 2.76. The average Bonchev–Trinajstić information content (AvgIpc) is 2.80. The van der Waals surface area contributed by atoms with E-state index in [1.54, 1.807) is 6.07 Å². The van der Waals surface area contributed by atoms with Gasteiger partial charge in [-0.25, -0.2) is 4.98 Å². The van der Waals surface area contributed by atoms with Gasteiger partial charge < -0.3 is 14.8 Å². The van der Waals surface area contributed by atoms with Crippen molar-refractivity contribution < 1.29 is 23.9 Å². The van der Waals surface area contributed by atoms with Crippen LogP contribution in [0.2, 0.25) is 0 Å². The monoisotopic (exact) mass is 304 g/mol. The number of pyridine rings is 1. The van der Waals surface area contributed by atoms with Gasteiger partial charge in [-0.15, -0.1) is 0 Å². The Bertz CT molecular complexity index is 664. The van der Waals surface area contributed by atoms with Crippen LogP contribution in [0.1, 0.15) is 24.8 Å². The number of rotatable bonds is 2. The summed E-state index contributed by atoms with van der Waals surface area (Å²) in [6, 6.07) is 1.74. The molecule has 22 heavy (non-hydrogen) atoms. The van der Waals surface area contributed by atoms with E-state index in [0.29, 0.717) is 23.6 Å². The lowest BCUT2D eigenvalue weighted by Crippen LogP contribution is -2.45. The van der Waals surface area contributed by atoms with E-state index in [4.69, 9.17) is 9.47 Å². The maximum absolute atomic E-state index is 12.5. The minimum Gasteiger partial charge on any atom is -0.495 e. The quantitative estimate of drug-likeness (QED) is 0.642. The lowest BCUT2D eigenvalue weighted by molar-refractivity contribution is -0.152. The summed E-state index contributed by atoms with van der Waals surface area (Å²) in [5.74, 6) is -0.938. The number of esters is 1. The minimum atomic E-state index is -0.927. The zero-order chi connectivity index (χ0) is 15.9. The highest BCUT2D eigenvalue weighted by Gasteiger charge is 2.54. The Morgan fingerprint density at radius 3 is 2.86 bits per heavy atom. The van der Waals surface area contributed by atoms with Crippen molar-refractivity contribution in [3.63, 3.8) is 0 Å². The Kier molecular flexibility index (Phi) is 3.35. The number of aromatic nitrogens is 1. The maximum Gasteiger partial charge on any atom is 0.316 e. The van der Waals surface area contributed by atoms with Crippen LogP contribution in [-0.4, -0.2) is 36.9 Å². The highest BCUT2D eigenvalue weighted by molar-refractivity contribution is 6.09. The number of carbonyl (C=O) groups excluding carboxylic acids is 3. The third-order valence-corrected chi connectivity index (χ3v) is 4.51. The van der Waals surface area contributed by atoms with Gasteiger partial charge in [0.25, 0.3) is 0 Å². The molecule has 3 rings (SSSR count). The Morgan fingerprint density at radius 1 is 1.41 bits per heavy atom. The first-order valence-corrected chi connectivity index (χ1v) is 6.98. The number of fused-ring (bicyclic) bond motifs is 2. The maximum atomic E-state index is 12.5. The van der Waals surface area contributed by atoms with Crippen LogP contribution in [0.3, 0.4) is 0 Å². The van der Waals surface area contributed by atoms with Crippen molar-refractivity contribution in [2.24, 2.45) is 5.92 Å². The number of ether oxygens (including phenoxy) is 2. The van der Waals surface area contributed by atoms with Gasteiger partial charge in [0.2, 0.25) is 5.91 Å². The number of amides is 1. The molecule has 1 N–H and O–H groups in total. The molecule has 1 aliphatic heterocycles.